The van der Waals surface area contributed by atoms with Gasteiger partial charge in [0.15, 0.2) is 33.3 Å². The van der Waals surface area contributed by atoms with Gasteiger partial charge >= 0.3 is 7.12 Å². The number of nitrogens with one attached hydrogen (secondary N) is 1. The van der Waals surface area contributed by atoms with Crippen molar-refractivity contribution in [1.82, 2.24) is 4.90 Å². The summed E-state index contributed by atoms with van der Waals surface area (Å²) in [4.78, 5) is 2.73. The maximum absolute atomic E-state index is 7.77. The van der Waals surface area contributed by atoms with Crippen molar-refractivity contribution in [2.24, 2.45) is 0 Å². The van der Waals surface area contributed by atoms with Gasteiger partial charge in [-0.3, -0.25) is 4.90 Å². The van der Waals surface area contributed by atoms with E-state index in [4.69, 9.17) is 27.0 Å². The molecule has 0 radical (unpaired) electrons. The first-order valence-corrected chi connectivity index (χ1v) is 37.0. The smallest absolute Gasteiger partial charge is 0.415 e. The molecule has 4 rings (SSSR count). The number of likely N-dealkylation sites (tertiary alicyclic amines) is 1. The Morgan fingerprint density at radius 1 is 0.625 bits per heavy atom. The van der Waals surface area contributed by atoms with E-state index in [-0.39, 0.29) is 62.8 Å². The molecule has 3 fully saturated rings. The van der Waals surface area contributed by atoms with Gasteiger partial charge in [-0.05, 0) is 162 Å². The van der Waals surface area contributed by atoms with Gasteiger partial charge in [0.25, 0.3) is 0 Å². The first kappa shape index (κ1) is 56.3. The molecule has 0 aromatic heterocycles. The summed E-state index contributed by atoms with van der Waals surface area (Å²) in [6, 6.07) is 7.00. The Kier molecular flexibility index (Phi) is 17.4. The minimum atomic E-state index is -2.28. The van der Waals surface area contributed by atoms with Gasteiger partial charge < -0.3 is 32.3 Å². The molecule has 3 unspecified atom stereocenters. The second-order valence-corrected chi connectivity index (χ2v) is 46.4. The van der Waals surface area contributed by atoms with Crippen molar-refractivity contribution in [3.63, 3.8) is 0 Å². The SMILES string of the molecule is CC1(C)OB(c2cc(NCCCCCCN3CC(O[Si](C)(C)C(C)(C)C)C(O[Si](C)(C)C(C)(C)C)C(O[Si](C)(C)C(C)(C)C)[C@H]3CO[Si](C)(C)C(C)(C)C)cc(C3CC3)c2)OC1(C)C. The Labute approximate surface area is 400 Å². The Balaban J connectivity index is 1.59. The van der Waals surface area contributed by atoms with Gasteiger partial charge in [0.2, 0.25) is 0 Å². The van der Waals surface area contributed by atoms with Crippen LogP contribution in [0.5, 0.6) is 0 Å². The number of unbranched alkanes of at least 4 members (excludes halogenated alkanes) is 3. The highest BCUT2D eigenvalue weighted by atomic mass is 28.4. The highest BCUT2D eigenvalue weighted by Crippen LogP contribution is 2.47. The maximum atomic E-state index is 7.77. The summed E-state index contributed by atoms with van der Waals surface area (Å²) in [5.41, 5.74) is 3.01. The van der Waals surface area contributed by atoms with Gasteiger partial charge in [0.1, 0.15) is 0 Å². The molecule has 0 amide bonds. The number of nitrogens with zero attached hydrogens (tertiary/aromatic N) is 1. The molecule has 2 heterocycles. The minimum Gasteiger partial charge on any atom is -0.415 e. The van der Waals surface area contributed by atoms with Crippen LogP contribution in [0.15, 0.2) is 18.2 Å². The van der Waals surface area contributed by atoms with E-state index in [1.165, 1.54) is 36.9 Å². The number of rotatable bonds is 19. The summed E-state index contributed by atoms with van der Waals surface area (Å²) in [7, 11) is -9.16. The van der Waals surface area contributed by atoms with Crippen molar-refractivity contribution in [3.8, 4) is 0 Å². The lowest BCUT2D eigenvalue weighted by Gasteiger charge is -2.56. The predicted molar refractivity (Wildman–Crippen MR) is 286 cm³/mol. The quantitative estimate of drug-likeness (QED) is 0.109. The van der Waals surface area contributed by atoms with E-state index in [2.05, 4.69) is 192 Å². The molecule has 8 nitrogen and oxygen atoms in total. The predicted octanol–water partition coefficient (Wildman–Crippen LogP) is 13.7. The van der Waals surface area contributed by atoms with E-state index in [1.807, 2.05) is 0 Å². The van der Waals surface area contributed by atoms with E-state index in [0.29, 0.717) is 12.5 Å². The van der Waals surface area contributed by atoms with Gasteiger partial charge in [0, 0.05) is 18.8 Å². The Bertz CT molecular complexity index is 1670. The molecule has 64 heavy (non-hydrogen) atoms. The lowest BCUT2D eigenvalue weighted by molar-refractivity contribution is -0.128. The molecule has 1 N–H and O–H groups in total. The first-order valence-electron chi connectivity index (χ1n) is 25.4. The lowest BCUT2D eigenvalue weighted by Crippen LogP contribution is -2.70. The molecule has 2 saturated heterocycles. The zero-order chi connectivity index (χ0) is 48.9. The molecular weight excluding hydrogens is 860 g/mol. The van der Waals surface area contributed by atoms with Crippen molar-refractivity contribution < 1.29 is 27.0 Å². The number of anilines is 1. The average Bonchev–Trinajstić information content (AvgIpc) is 3.92. The Morgan fingerprint density at radius 3 is 1.58 bits per heavy atom. The van der Waals surface area contributed by atoms with Crippen LogP contribution in [0.2, 0.25) is 72.5 Å². The molecule has 0 spiro atoms. The van der Waals surface area contributed by atoms with Crippen LogP contribution >= 0.6 is 0 Å². The van der Waals surface area contributed by atoms with Crippen molar-refractivity contribution in [3.05, 3.63) is 23.8 Å². The van der Waals surface area contributed by atoms with Gasteiger partial charge in [-0.1, -0.05) is 102 Å². The van der Waals surface area contributed by atoms with Crippen LogP contribution in [-0.4, -0.2) is 107 Å². The van der Waals surface area contributed by atoms with Gasteiger partial charge in [-0.15, -0.1) is 0 Å². The number of hydrogen-bond acceptors (Lipinski definition) is 8. The second-order valence-electron chi connectivity index (χ2n) is 27.3. The zero-order valence-corrected chi connectivity index (χ0v) is 50.2. The highest BCUT2D eigenvalue weighted by molar-refractivity contribution is 6.75. The standard InChI is InChI=1S/C51H101BN2O6Si4/c1-46(2,3)61(17,18)55-37-42-44(57-63(21,22)48(7,8)9)45(58-64(23,24)49(10,11)12)43(56-62(19,20)47(4,5)6)36-54(42)32-28-26-25-27-31-53-41-34-39(38-29-30-38)33-40(35-41)52-59-50(13,14)51(15,16)60-52/h33-35,38,42-45,53H,25-32,36-37H2,1-24H3/t42-,43?,44?,45?/m1/s1. The normalized spacial score (nSPS) is 24.4. The number of piperidine rings is 1. The van der Waals surface area contributed by atoms with Gasteiger partial charge in [-0.2, -0.15) is 0 Å². The van der Waals surface area contributed by atoms with Crippen LogP contribution in [0, 0.1) is 0 Å². The van der Waals surface area contributed by atoms with E-state index in [0.717, 1.165) is 37.9 Å². The molecular formula is C51H101BN2O6Si4. The third-order valence-corrected chi connectivity index (χ3v) is 35.3. The maximum Gasteiger partial charge on any atom is 0.494 e. The molecule has 0 bridgehead atoms. The molecule has 1 aliphatic carbocycles. The fourth-order valence-electron chi connectivity index (χ4n) is 7.63. The third kappa shape index (κ3) is 13.7. The van der Waals surface area contributed by atoms with Crippen LogP contribution < -0.4 is 10.8 Å². The number of hydrogen-bond donors (Lipinski definition) is 1. The molecule has 13 heteroatoms. The van der Waals surface area contributed by atoms with E-state index in [1.54, 1.807) is 0 Å². The fraction of sp³-hybridized carbons (Fsp3) is 0.882. The van der Waals surface area contributed by atoms with Crippen LogP contribution in [-0.2, 0) is 27.0 Å². The third-order valence-electron chi connectivity index (χ3n) is 17.4. The molecule has 1 aromatic carbocycles. The zero-order valence-electron chi connectivity index (χ0n) is 46.2. The van der Waals surface area contributed by atoms with E-state index < -0.39 is 33.3 Å². The highest BCUT2D eigenvalue weighted by Gasteiger charge is 2.56. The fourth-order valence-corrected chi connectivity index (χ4v) is 12.6. The largest absolute Gasteiger partial charge is 0.494 e. The molecule has 370 valence electrons. The summed E-state index contributed by atoms with van der Waals surface area (Å²) in [5.74, 6) is 0.654. The van der Waals surface area contributed by atoms with E-state index in [9.17, 15) is 0 Å². The van der Waals surface area contributed by atoms with Crippen molar-refractivity contribution >= 4 is 51.5 Å². The molecule has 1 aromatic rings. The van der Waals surface area contributed by atoms with E-state index >= 15 is 0 Å². The topological polar surface area (TPSA) is 70.7 Å². The lowest BCUT2D eigenvalue weighted by atomic mass is 9.77. The minimum absolute atomic E-state index is 0.0398. The molecule has 3 aliphatic rings. The average molecular weight is 962 g/mol. The summed E-state index contributed by atoms with van der Waals surface area (Å²) >= 11 is 0. The van der Waals surface area contributed by atoms with Gasteiger partial charge in [0.05, 0.1) is 42.2 Å². The van der Waals surface area contributed by atoms with Crippen molar-refractivity contribution in [2.45, 2.75) is 263 Å². The van der Waals surface area contributed by atoms with Crippen LogP contribution in [0.25, 0.3) is 0 Å². The van der Waals surface area contributed by atoms with Crippen molar-refractivity contribution in [1.29, 1.82) is 0 Å². The first-order chi connectivity index (χ1) is 28.7. The Morgan fingerprint density at radius 2 is 1.09 bits per heavy atom. The van der Waals surface area contributed by atoms with Crippen LogP contribution in [0.3, 0.4) is 0 Å². The summed E-state index contributed by atoms with van der Waals surface area (Å²) in [6.45, 7) is 59.5. The van der Waals surface area contributed by atoms with Crippen LogP contribution in [0.4, 0.5) is 5.69 Å². The van der Waals surface area contributed by atoms with Gasteiger partial charge in [-0.25, -0.2) is 0 Å². The summed E-state index contributed by atoms with van der Waals surface area (Å²) in [6.07, 6.45) is 6.67. The number of benzene rings is 1. The molecule has 2 aliphatic heterocycles. The monoisotopic (exact) mass is 961 g/mol. The van der Waals surface area contributed by atoms with Crippen molar-refractivity contribution in [2.75, 3.05) is 31.6 Å². The second kappa shape index (κ2) is 19.8. The molecule has 4 atom stereocenters. The summed E-state index contributed by atoms with van der Waals surface area (Å²) < 4.78 is 43.3. The van der Waals surface area contributed by atoms with Crippen LogP contribution in [0.1, 0.15) is 161 Å². The summed E-state index contributed by atoms with van der Waals surface area (Å²) in [5, 5.41) is 4.07. The molecule has 1 saturated carbocycles. The Hall–Kier alpha value is -0.328.